The van der Waals surface area contributed by atoms with Crippen LogP contribution < -0.4 is 4.90 Å². The zero-order valence-electron chi connectivity index (χ0n) is 14.1. The van der Waals surface area contributed by atoms with Crippen LogP contribution in [-0.2, 0) is 5.41 Å². The van der Waals surface area contributed by atoms with E-state index in [0.29, 0.717) is 12.3 Å². The van der Waals surface area contributed by atoms with Crippen LogP contribution in [0.15, 0.2) is 12.3 Å². The summed E-state index contributed by atoms with van der Waals surface area (Å²) in [5, 5.41) is 0. The Hall–Kier alpha value is -1.38. The van der Waals surface area contributed by atoms with Crippen LogP contribution in [0.25, 0.3) is 0 Å². The van der Waals surface area contributed by atoms with E-state index in [1.807, 2.05) is 0 Å². The van der Waals surface area contributed by atoms with Gasteiger partial charge in [-0.15, -0.1) is 0 Å². The van der Waals surface area contributed by atoms with Gasteiger partial charge < -0.3 is 4.90 Å². The van der Waals surface area contributed by atoms with Crippen LogP contribution >= 0.6 is 0 Å². The Kier molecular flexibility index (Phi) is 4.70. The van der Waals surface area contributed by atoms with Gasteiger partial charge >= 0.3 is 0 Å². The first-order valence-electron chi connectivity index (χ1n) is 8.14. The maximum absolute atomic E-state index is 12.2. The zero-order valence-corrected chi connectivity index (χ0v) is 14.1. The van der Waals surface area contributed by atoms with E-state index < -0.39 is 0 Å². The third-order valence-electron chi connectivity index (χ3n) is 4.10. The summed E-state index contributed by atoms with van der Waals surface area (Å²) in [6, 6.07) is 2.07. The molecule has 116 valence electrons. The number of unbranched alkanes of at least 4 members (excludes halogenated alkanes) is 1. The molecule has 0 N–H and O–H groups in total. The molecule has 2 heterocycles. The van der Waals surface area contributed by atoms with Crippen molar-refractivity contribution in [3.63, 3.8) is 0 Å². The maximum Gasteiger partial charge on any atom is 0.164 e. The third-order valence-corrected chi connectivity index (χ3v) is 4.10. The summed E-state index contributed by atoms with van der Waals surface area (Å²) in [5.41, 5.74) is 3.13. The molecule has 1 aliphatic heterocycles. The molecule has 0 saturated carbocycles. The van der Waals surface area contributed by atoms with Gasteiger partial charge in [0, 0.05) is 36.7 Å². The summed E-state index contributed by atoms with van der Waals surface area (Å²) < 4.78 is 0. The lowest BCUT2D eigenvalue weighted by molar-refractivity contribution is 0.0979. The fraction of sp³-hybridized carbons (Fsp3) is 0.667. The molecule has 3 nitrogen and oxygen atoms in total. The summed E-state index contributed by atoms with van der Waals surface area (Å²) >= 11 is 0. The van der Waals surface area contributed by atoms with Crippen molar-refractivity contribution < 1.29 is 4.79 Å². The van der Waals surface area contributed by atoms with E-state index in [4.69, 9.17) is 0 Å². The van der Waals surface area contributed by atoms with Crippen molar-refractivity contribution in [2.24, 2.45) is 5.92 Å². The summed E-state index contributed by atoms with van der Waals surface area (Å²) in [5.74, 6) is 0.826. The number of hydrogen-bond acceptors (Lipinski definition) is 3. The van der Waals surface area contributed by atoms with E-state index >= 15 is 0 Å². The minimum absolute atomic E-state index is 0.0647. The number of pyridine rings is 1. The van der Waals surface area contributed by atoms with Crippen molar-refractivity contribution in [1.29, 1.82) is 0 Å². The largest absolute Gasteiger partial charge is 0.369 e. The fourth-order valence-electron chi connectivity index (χ4n) is 3.09. The molecular weight excluding hydrogens is 260 g/mol. The normalized spacial score (nSPS) is 16.4. The molecular formula is C18H28N2O. The van der Waals surface area contributed by atoms with E-state index in [9.17, 15) is 4.79 Å². The monoisotopic (exact) mass is 288 g/mol. The second-order valence-electron chi connectivity index (χ2n) is 7.28. The Morgan fingerprint density at radius 1 is 1.43 bits per heavy atom. The van der Waals surface area contributed by atoms with Crippen molar-refractivity contribution in [3.05, 3.63) is 23.5 Å². The van der Waals surface area contributed by atoms with E-state index in [1.165, 1.54) is 0 Å². The number of anilines is 1. The predicted octanol–water partition coefficient (Wildman–Crippen LogP) is 4.21. The quantitative estimate of drug-likeness (QED) is 0.735. The summed E-state index contributed by atoms with van der Waals surface area (Å²) in [6.45, 7) is 13.0. The van der Waals surface area contributed by atoms with E-state index in [0.717, 1.165) is 42.9 Å². The molecule has 0 atom stereocenters. The molecule has 1 aromatic rings. The lowest BCUT2D eigenvalue weighted by Crippen LogP contribution is -2.31. The van der Waals surface area contributed by atoms with Gasteiger partial charge in [0.15, 0.2) is 5.78 Å². The van der Waals surface area contributed by atoms with Crippen LogP contribution in [0.3, 0.4) is 0 Å². The van der Waals surface area contributed by atoms with Crippen molar-refractivity contribution >= 4 is 11.5 Å². The molecule has 0 radical (unpaired) electrons. The summed E-state index contributed by atoms with van der Waals surface area (Å²) in [4.78, 5) is 19.3. The van der Waals surface area contributed by atoms with Crippen LogP contribution in [0.2, 0.25) is 0 Å². The van der Waals surface area contributed by atoms with Crippen molar-refractivity contribution in [1.82, 2.24) is 4.98 Å². The van der Waals surface area contributed by atoms with Gasteiger partial charge in [-0.3, -0.25) is 9.78 Å². The second-order valence-corrected chi connectivity index (χ2v) is 7.28. The molecule has 3 heteroatoms. The van der Waals surface area contributed by atoms with Gasteiger partial charge in [0.25, 0.3) is 0 Å². The molecule has 0 spiro atoms. The molecule has 0 bridgehead atoms. The number of nitrogens with zero attached hydrogens (tertiary/aromatic N) is 2. The topological polar surface area (TPSA) is 33.2 Å². The van der Waals surface area contributed by atoms with Crippen LogP contribution in [0.1, 0.15) is 69.9 Å². The van der Waals surface area contributed by atoms with Gasteiger partial charge in [-0.2, -0.15) is 0 Å². The van der Waals surface area contributed by atoms with Gasteiger partial charge in [0.2, 0.25) is 0 Å². The third kappa shape index (κ3) is 3.45. The average Bonchev–Trinajstić information content (AvgIpc) is 2.66. The smallest absolute Gasteiger partial charge is 0.164 e. The standard InChI is InChI=1S/C18H28N2O/c1-6-7-8-16(21)14-9-15-17(19-10-14)18(4,5)12-20(15)11-13(2)3/h9-10,13H,6-8,11-12H2,1-5H3. The van der Waals surface area contributed by atoms with Crippen molar-refractivity contribution in [2.45, 2.75) is 59.3 Å². The molecule has 0 saturated heterocycles. The number of hydrogen-bond donors (Lipinski definition) is 0. The first-order valence-corrected chi connectivity index (χ1v) is 8.14. The number of Topliss-reactive ketones (excluding diaryl/α,β-unsaturated/α-hetero) is 1. The molecule has 0 unspecified atom stereocenters. The summed E-state index contributed by atoms with van der Waals surface area (Å²) in [7, 11) is 0. The number of ketones is 1. The fourth-order valence-corrected chi connectivity index (χ4v) is 3.09. The van der Waals surface area contributed by atoms with Gasteiger partial charge in [-0.05, 0) is 18.4 Å². The number of rotatable bonds is 6. The molecule has 0 amide bonds. The highest BCUT2D eigenvalue weighted by Crippen LogP contribution is 2.39. The van der Waals surface area contributed by atoms with E-state index in [-0.39, 0.29) is 11.2 Å². The predicted molar refractivity (Wildman–Crippen MR) is 88.2 cm³/mol. The average molecular weight is 288 g/mol. The van der Waals surface area contributed by atoms with Crippen LogP contribution in [0, 0.1) is 5.92 Å². The van der Waals surface area contributed by atoms with Gasteiger partial charge in [0.1, 0.15) is 0 Å². The van der Waals surface area contributed by atoms with E-state index in [2.05, 4.69) is 50.6 Å². The Labute approximate surface area is 128 Å². The highest BCUT2D eigenvalue weighted by Gasteiger charge is 2.37. The first-order chi connectivity index (χ1) is 9.85. The van der Waals surface area contributed by atoms with Gasteiger partial charge in [-0.1, -0.05) is 41.0 Å². The highest BCUT2D eigenvalue weighted by atomic mass is 16.1. The molecule has 2 rings (SSSR count). The highest BCUT2D eigenvalue weighted by molar-refractivity contribution is 5.96. The van der Waals surface area contributed by atoms with Gasteiger partial charge in [0.05, 0.1) is 11.4 Å². The molecule has 21 heavy (non-hydrogen) atoms. The number of aromatic nitrogens is 1. The zero-order chi connectivity index (χ0) is 15.6. The number of carbonyl (C=O) groups excluding carboxylic acids is 1. The van der Waals surface area contributed by atoms with Crippen molar-refractivity contribution in [3.8, 4) is 0 Å². The molecule has 0 aliphatic carbocycles. The van der Waals surface area contributed by atoms with Crippen LogP contribution in [0.4, 0.5) is 5.69 Å². The maximum atomic E-state index is 12.2. The Morgan fingerprint density at radius 3 is 2.76 bits per heavy atom. The molecule has 1 aromatic heterocycles. The van der Waals surface area contributed by atoms with Gasteiger partial charge in [-0.25, -0.2) is 0 Å². The Morgan fingerprint density at radius 2 is 2.14 bits per heavy atom. The SMILES string of the molecule is CCCCC(=O)c1cnc2c(c1)N(CC(C)C)CC2(C)C. The summed E-state index contributed by atoms with van der Waals surface area (Å²) in [6.07, 6.45) is 4.41. The van der Waals surface area contributed by atoms with Crippen LogP contribution in [-0.4, -0.2) is 23.9 Å². The lowest BCUT2D eigenvalue weighted by Gasteiger charge is -2.23. The minimum Gasteiger partial charge on any atom is -0.369 e. The van der Waals surface area contributed by atoms with Crippen molar-refractivity contribution in [2.75, 3.05) is 18.0 Å². The molecule has 0 aromatic carbocycles. The second kappa shape index (κ2) is 6.17. The lowest BCUT2D eigenvalue weighted by atomic mass is 9.91. The molecule has 0 fully saturated rings. The van der Waals surface area contributed by atoms with E-state index in [1.54, 1.807) is 6.20 Å². The first kappa shape index (κ1) is 16.0. The number of fused-ring (bicyclic) bond motifs is 1. The number of carbonyl (C=O) groups is 1. The van der Waals surface area contributed by atoms with Crippen LogP contribution in [0.5, 0.6) is 0 Å². The molecule has 1 aliphatic rings. The Balaban J connectivity index is 2.30. The minimum atomic E-state index is 0.0647. The Bertz CT molecular complexity index is 520.